The summed E-state index contributed by atoms with van der Waals surface area (Å²) in [5.74, 6) is 0.826. The minimum absolute atomic E-state index is 0.385. The summed E-state index contributed by atoms with van der Waals surface area (Å²) in [5.41, 5.74) is 6.37. The van der Waals surface area contributed by atoms with Crippen molar-refractivity contribution < 1.29 is 0 Å². The fourth-order valence-corrected chi connectivity index (χ4v) is 1.41. The highest BCUT2D eigenvalue weighted by molar-refractivity contribution is 7.81. The maximum absolute atomic E-state index is 5.70. The standard InChI is InChI=1S/C10H9N5S/c11-8-7(3-1-4-12-8)9(16)15-10-13-5-2-6-14-10/h1-6H,(H2,11,12)(H,13,14,15,16). The van der Waals surface area contributed by atoms with Crippen LogP contribution in [0.2, 0.25) is 0 Å². The lowest BCUT2D eigenvalue weighted by Gasteiger charge is -2.07. The Morgan fingerprint density at radius 3 is 2.50 bits per heavy atom. The molecule has 0 bridgehead atoms. The number of rotatable bonds is 2. The van der Waals surface area contributed by atoms with Gasteiger partial charge < -0.3 is 11.1 Å². The van der Waals surface area contributed by atoms with E-state index in [2.05, 4.69) is 20.3 Å². The number of nitrogens with two attached hydrogens (primary N) is 1. The molecule has 0 radical (unpaired) electrons. The first-order valence-electron chi connectivity index (χ1n) is 4.56. The highest BCUT2D eigenvalue weighted by Crippen LogP contribution is 2.09. The van der Waals surface area contributed by atoms with Crippen LogP contribution >= 0.6 is 12.2 Å². The minimum atomic E-state index is 0.385. The van der Waals surface area contributed by atoms with Crippen LogP contribution in [0.3, 0.4) is 0 Å². The second kappa shape index (κ2) is 4.63. The molecule has 0 aromatic carbocycles. The maximum Gasteiger partial charge on any atom is 0.227 e. The lowest BCUT2D eigenvalue weighted by atomic mass is 10.2. The number of nitrogens with one attached hydrogen (secondary N) is 1. The molecule has 0 fully saturated rings. The maximum atomic E-state index is 5.70. The van der Waals surface area contributed by atoms with Crippen LogP contribution in [0.15, 0.2) is 36.8 Å². The number of nitrogens with zero attached hydrogens (tertiary/aromatic N) is 3. The van der Waals surface area contributed by atoms with Crippen LogP contribution in [0.1, 0.15) is 5.56 Å². The molecule has 5 nitrogen and oxygen atoms in total. The zero-order valence-corrected chi connectivity index (χ0v) is 9.11. The first-order chi connectivity index (χ1) is 7.77. The van der Waals surface area contributed by atoms with E-state index in [1.807, 2.05) is 0 Å². The first kappa shape index (κ1) is 10.4. The molecule has 0 saturated carbocycles. The van der Waals surface area contributed by atoms with Gasteiger partial charge in [-0.2, -0.15) is 0 Å². The quantitative estimate of drug-likeness (QED) is 0.757. The molecule has 0 saturated heterocycles. The molecule has 2 heterocycles. The molecule has 0 amide bonds. The van der Waals surface area contributed by atoms with Gasteiger partial charge in [-0.3, -0.25) is 0 Å². The second-order valence-electron chi connectivity index (χ2n) is 2.96. The van der Waals surface area contributed by atoms with Gasteiger partial charge in [0.25, 0.3) is 0 Å². The molecule has 0 aliphatic carbocycles. The molecule has 80 valence electrons. The van der Waals surface area contributed by atoms with Crippen molar-refractivity contribution in [3.05, 3.63) is 42.4 Å². The SMILES string of the molecule is Nc1ncccc1C(=S)Nc1ncccn1. The van der Waals surface area contributed by atoms with Gasteiger partial charge in [-0.15, -0.1) is 0 Å². The van der Waals surface area contributed by atoms with Gasteiger partial charge in [0.05, 0.1) is 5.56 Å². The van der Waals surface area contributed by atoms with Gasteiger partial charge >= 0.3 is 0 Å². The number of hydrogen-bond acceptors (Lipinski definition) is 5. The molecule has 16 heavy (non-hydrogen) atoms. The van der Waals surface area contributed by atoms with Crippen molar-refractivity contribution in [2.45, 2.75) is 0 Å². The Morgan fingerprint density at radius 2 is 1.81 bits per heavy atom. The van der Waals surface area contributed by atoms with E-state index >= 15 is 0 Å². The number of anilines is 2. The molecule has 3 N–H and O–H groups in total. The minimum Gasteiger partial charge on any atom is -0.383 e. The average Bonchev–Trinajstić information content (AvgIpc) is 2.31. The third kappa shape index (κ3) is 2.29. The van der Waals surface area contributed by atoms with Crippen LogP contribution < -0.4 is 11.1 Å². The molecule has 0 spiro atoms. The number of hydrogen-bond donors (Lipinski definition) is 2. The van der Waals surface area contributed by atoms with Crippen molar-refractivity contribution in [3.63, 3.8) is 0 Å². The lowest BCUT2D eigenvalue weighted by molar-refractivity contribution is 1.18. The van der Waals surface area contributed by atoms with Crippen molar-refractivity contribution in [1.82, 2.24) is 15.0 Å². The summed E-state index contributed by atoms with van der Waals surface area (Å²) in [7, 11) is 0. The van der Waals surface area contributed by atoms with Gasteiger partial charge in [-0.05, 0) is 18.2 Å². The van der Waals surface area contributed by atoms with Crippen molar-refractivity contribution >= 4 is 29.0 Å². The Hall–Kier alpha value is -2.08. The Labute approximate surface area is 97.8 Å². The number of aromatic nitrogens is 3. The van der Waals surface area contributed by atoms with Crippen LogP contribution in [0.5, 0.6) is 0 Å². The summed E-state index contributed by atoms with van der Waals surface area (Å²) in [5, 5.41) is 2.89. The number of pyridine rings is 1. The van der Waals surface area contributed by atoms with Gasteiger partial charge in [0, 0.05) is 18.6 Å². The largest absolute Gasteiger partial charge is 0.383 e. The predicted octanol–water partition coefficient (Wildman–Crippen LogP) is 1.24. The summed E-state index contributed by atoms with van der Waals surface area (Å²) in [6.45, 7) is 0. The fourth-order valence-electron chi connectivity index (χ4n) is 1.14. The summed E-state index contributed by atoms with van der Waals surface area (Å²) >= 11 is 5.18. The summed E-state index contributed by atoms with van der Waals surface area (Å²) in [6.07, 6.45) is 4.87. The zero-order valence-electron chi connectivity index (χ0n) is 8.29. The van der Waals surface area contributed by atoms with E-state index in [0.29, 0.717) is 22.3 Å². The molecular weight excluding hydrogens is 222 g/mol. The van der Waals surface area contributed by atoms with E-state index in [9.17, 15) is 0 Å². The van der Waals surface area contributed by atoms with Gasteiger partial charge in [0.2, 0.25) is 5.95 Å². The molecule has 0 unspecified atom stereocenters. The van der Waals surface area contributed by atoms with Crippen LogP contribution in [0.25, 0.3) is 0 Å². The van der Waals surface area contributed by atoms with E-state index < -0.39 is 0 Å². The fraction of sp³-hybridized carbons (Fsp3) is 0. The first-order valence-corrected chi connectivity index (χ1v) is 4.97. The van der Waals surface area contributed by atoms with Crippen molar-refractivity contribution in [1.29, 1.82) is 0 Å². The summed E-state index contributed by atoms with van der Waals surface area (Å²) in [6, 6.07) is 5.29. The zero-order chi connectivity index (χ0) is 11.4. The predicted molar refractivity (Wildman–Crippen MR) is 66.0 cm³/mol. The van der Waals surface area contributed by atoms with E-state index in [1.165, 1.54) is 0 Å². The molecule has 0 aliphatic heterocycles. The van der Waals surface area contributed by atoms with E-state index in [0.717, 1.165) is 0 Å². The third-order valence-corrected chi connectivity index (χ3v) is 2.20. The summed E-state index contributed by atoms with van der Waals surface area (Å²) in [4.78, 5) is 12.4. The van der Waals surface area contributed by atoms with Crippen LogP contribution in [-0.2, 0) is 0 Å². The molecule has 2 rings (SSSR count). The van der Waals surface area contributed by atoms with Crippen LogP contribution in [0.4, 0.5) is 11.8 Å². The molecule has 2 aromatic heterocycles. The Kier molecular flexibility index (Phi) is 3.02. The van der Waals surface area contributed by atoms with E-state index in [4.69, 9.17) is 18.0 Å². The van der Waals surface area contributed by atoms with Crippen molar-refractivity contribution in [3.8, 4) is 0 Å². The molecule has 0 atom stereocenters. The lowest BCUT2D eigenvalue weighted by Crippen LogP contribution is -2.15. The number of thiocarbonyl (C=S) groups is 1. The van der Waals surface area contributed by atoms with Gasteiger partial charge in [-0.1, -0.05) is 12.2 Å². The number of nitrogen functional groups attached to an aromatic ring is 1. The average molecular weight is 231 g/mol. The van der Waals surface area contributed by atoms with E-state index in [1.54, 1.807) is 36.8 Å². The third-order valence-electron chi connectivity index (χ3n) is 1.87. The van der Waals surface area contributed by atoms with Crippen LogP contribution in [-0.4, -0.2) is 19.9 Å². The second-order valence-corrected chi connectivity index (χ2v) is 3.37. The molecule has 0 aliphatic rings. The summed E-state index contributed by atoms with van der Waals surface area (Å²) < 4.78 is 0. The smallest absolute Gasteiger partial charge is 0.227 e. The molecule has 6 heteroatoms. The normalized spacial score (nSPS) is 9.75. The monoisotopic (exact) mass is 231 g/mol. The van der Waals surface area contributed by atoms with Crippen molar-refractivity contribution in [2.75, 3.05) is 11.1 Å². The Balaban J connectivity index is 2.19. The molecular formula is C10H9N5S. The Morgan fingerprint density at radius 1 is 1.12 bits per heavy atom. The van der Waals surface area contributed by atoms with Crippen LogP contribution in [0, 0.1) is 0 Å². The Bertz CT molecular complexity index is 500. The highest BCUT2D eigenvalue weighted by atomic mass is 32.1. The highest BCUT2D eigenvalue weighted by Gasteiger charge is 2.06. The molecule has 2 aromatic rings. The topological polar surface area (TPSA) is 76.7 Å². The van der Waals surface area contributed by atoms with Gasteiger partial charge in [0.15, 0.2) is 0 Å². The van der Waals surface area contributed by atoms with Gasteiger partial charge in [-0.25, -0.2) is 15.0 Å². The van der Waals surface area contributed by atoms with E-state index in [-0.39, 0.29) is 0 Å². The van der Waals surface area contributed by atoms with Gasteiger partial charge in [0.1, 0.15) is 10.8 Å². The van der Waals surface area contributed by atoms with Crippen molar-refractivity contribution in [2.24, 2.45) is 0 Å².